The van der Waals surface area contributed by atoms with Crippen molar-refractivity contribution in [3.8, 4) is 0 Å². The third-order valence-electron chi connectivity index (χ3n) is 0.872. The van der Waals surface area contributed by atoms with Gasteiger partial charge in [0, 0.05) is 16.9 Å². The van der Waals surface area contributed by atoms with E-state index in [1.54, 1.807) is 30.6 Å². The summed E-state index contributed by atoms with van der Waals surface area (Å²) in [7, 11) is -2.87. The van der Waals surface area contributed by atoms with Crippen LogP contribution in [0.3, 0.4) is 0 Å². The van der Waals surface area contributed by atoms with E-state index < -0.39 is 8.25 Å². The molecular formula is C5H8KNO3P+. The Balaban J connectivity index is 0.000001000. The number of hydrogen-bond donors (Lipinski definition) is 1. The van der Waals surface area contributed by atoms with Gasteiger partial charge in [0.1, 0.15) is 0 Å². The van der Waals surface area contributed by atoms with Gasteiger partial charge in [-0.3, -0.25) is 0 Å². The molecule has 0 aromatic carbocycles. The Hall–Kier alpha value is 0.776. The van der Waals surface area contributed by atoms with E-state index in [2.05, 4.69) is 4.62 Å². The van der Waals surface area contributed by atoms with Crippen molar-refractivity contribution < 1.29 is 18.8 Å². The first-order valence-corrected chi connectivity index (χ1v) is 3.93. The van der Waals surface area contributed by atoms with Crippen LogP contribution < -0.4 is 9.35 Å². The fraction of sp³-hybridized carbons (Fsp3) is 0. The van der Waals surface area contributed by atoms with E-state index in [0.717, 1.165) is 0 Å². The summed E-state index contributed by atoms with van der Waals surface area (Å²) in [4.78, 5) is 8.31. The van der Waals surface area contributed by atoms with Crippen molar-refractivity contribution in [2.45, 2.75) is 0 Å². The van der Waals surface area contributed by atoms with Gasteiger partial charge in [0.15, 0.2) is 0 Å². The molecule has 1 atom stereocenters. The first kappa shape index (κ1) is 11.8. The Morgan fingerprint density at radius 1 is 1.27 bits per heavy atom. The Bertz CT molecular complexity index is 230. The summed E-state index contributed by atoms with van der Waals surface area (Å²) in [5, 5.41) is 0. The summed E-state index contributed by atoms with van der Waals surface area (Å²) in [5.41, 5.74) is 0. The van der Waals surface area contributed by atoms with Gasteiger partial charge in [-0.2, -0.15) is 4.62 Å². The van der Waals surface area contributed by atoms with Gasteiger partial charge in [-0.25, -0.2) is 4.57 Å². The van der Waals surface area contributed by atoms with Crippen LogP contribution in [0, 0.1) is 0 Å². The third-order valence-corrected chi connectivity index (χ3v) is 1.24. The van der Waals surface area contributed by atoms with Crippen LogP contribution in [0.25, 0.3) is 0 Å². The van der Waals surface area contributed by atoms with E-state index >= 15 is 0 Å². The van der Waals surface area contributed by atoms with Gasteiger partial charge in [0.25, 0.3) is 0 Å². The zero-order valence-corrected chi connectivity index (χ0v) is 6.10. The van der Waals surface area contributed by atoms with Crippen molar-refractivity contribution in [3.63, 3.8) is 0 Å². The summed E-state index contributed by atoms with van der Waals surface area (Å²) >= 11 is 0. The van der Waals surface area contributed by atoms with E-state index in [-0.39, 0.29) is 51.4 Å². The van der Waals surface area contributed by atoms with Crippen LogP contribution in [0.1, 0.15) is 0 Å². The molecule has 1 aromatic heterocycles. The van der Waals surface area contributed by atoms with Crippen molar-refractivity contribution in [3.05, 3.63) is 30.6 Å². The SMILES string of the molecule is O=[PH](O)O[n+]1ccccc1.[KH]. The fourth-order valence-electron chi connectivity index (χ4n) is 0.534. The minimum atomic E-state index is -2.87. The summed E-state index contributed by atoms with van der Waals surface area (Å²) in [6.45, 7) is 0. The quantitative estimate of drug-likeness (QED) is 0.384. The van der Waals surface area contributed by atoms with Crippen LogP contribution in [0.2, 0.25) is 0 Å². The van der Waals surface area contributed by atoms with Crippen molar-refractivity contribution in [1.82, 2.24) is 0 Å². The summed E-state index contributed by atoms with van der Waals surface area (Å²) in [5.74, 6) is 0. The molecule has 1 rings (SSSR count). The van der Waals surface area contributed by atoms with E-state index in [1.807, 2.05) is 0 Å². The summed E-state index contributed by atoms with van der Waals surface area (Å²) < 4.78 is 15.7. The van der Waals surface area contributed by atoms with Crippen molar-refractivity contribution in [2.75, 3.05) is 0 Å². The first-order valence-electron chi connectivity index (χ1n) is 2.66. The molecule has 56 valence electrons. The molecule has 1 unspecified atom stereocenters. The second-order valence-electron chi connectivity index (χ2n) is 1.59. The molecule has 1 heterocycles. The Morgan fingerprint density at radius 2 is 1.82 bits per heavy atom. The van der Waals surface area contributed by atoms with E-state index in [0.29, 0.717) is 0 Å². The monoisotopic (exact) mass is 200 g/mol. The molecule has 6 heteroatoms. The Kier molecular flexibility index (Phi) is 6.76. The fourth-order valence-corrected chi connectivity index (χ4v) is 0.836. The third kappa shape index (κ3) is 5.08. The molecule has 0 bridgehead atoms. The van der Waals surface area contributed by atoms with Crippen LogP contribution in [0.4, 0.5) is 0 Å². The molecule has 0 amide bonds. The van der Waals surface area contributed by atoms with Gasteiger partial charge in [-0.15, -0.1) is 0 Å². The Labute approximate surface area is 108 Å². The molecule has 0 aliphatic rings. The second kappa shape index (κ2) is 6.31. The van der Waals surface area contributed by atoms with Crippen molar-refractivity contribution in [2.24, 2.45) is 0 Å². The molecule has 0 saturated heterocycles. The number of rotatable bonds is 2. The predicted octanol–water partition coefficient (Wildman–Crippen LogP) is -0.864. The molecule has 0 fully saturated rings. The molecule has 1 N–H and O–H groups in total. The van der Waals surface area contributed by atoms with Gasteiger partial charge in [0.2, 0.25) is 12.4 Å². The van der Waals surface area contributed by atoms with E-state index in [1.165, 1.54) is 4.73 Å². The first-order chi connectivity index (χ1) is 4.79. The molecular weight excluding hydrogens is 192 g/mol. The van der Waals surface area contributed by atoms with Crippen LogP contribution in [-0.4, -0.2) is 56.3 Å². The second-order valence-corrected chi connectivity index (χ2v) is 2.31. The maximum absolute atomic E-state index is 10.1. The summed E-state index contributed by atoms with van der Waals surface area (Å²) in [6.07, 6.45) is 3.08. The van der Waals surface area contributed by atoms with E-state index in [9.17, 15) is 4.57 Å². The van der Waals surface area contributed by atoms with Crippen LogP contribution in [-0.2, 0) is 4.57 Å². The molecule has 4 nitrogen and oxygen atoms in total. The Morgan fingerprint density at radius 3 is 2.27 bits per heavy atom. The van der Waals surface area contributed by atoms with Crippen molar-refractivity contribution in [1.29, 1.82) is 0 Å². The van der Waals surface area contributed by atoms with Gasteiger partial charge in [0.05, 0.1) is 0 Å². The topological polar surface area (TPSA) is 50.4 Å². The van der Waals surface area contributed by atoms with Gasteiger partial charge in [-0.1, -0.05) is 6.07 Å². The van der Waals surface area contributed by atoms with Gasteiger partial charge < -0.3 is 4.89 Å². The van der Waals surface area contributed by atoms with Crippen molar-refractivity contribution >= 4 is 59.6 Å². The van der Waals surface area contributed by atoms with Gasteiger partial charge in [-0.05, 0) is 0 Å². The van der Waals surface area contributed by atoms with E-state index in [4.69, 9.17) is 4.89 Å². The number of aromatic nitrogens is 1. The van der Waals surface area contributed by atoms with Gasteiger partial charge >= 0.3 is 59.6 Å². The average Bonchev–Trinajstić information content (AvgIpc) is 1.88. The molecule has 1 aromatic rings. The molecule has 11 heavy (non-hydrogen) atoms. The van der Waals surface area contributed by atoms with Crippen LogP contribution in [0.15, 0.2) is 30.6 Å². The number of nitrogens with zero attached hydrogens (tertiary/aromatic N) is 1. The number of hydrogen-bond acceptors (Lipinski definition) is 2. The zero-order valence-electron chi connectivity index (χ0n) is 5.10. The molecule has 0 aliphatic carbocycles. The standard InChI is InChI=1S/C5H6NO3P.K.H/c7-10(8)9-6-4-2-1-3-5-6;;/h1-5,10H;;/p+1. The molecule has 0 aliphatic heterocycles. The molecule has 0 radical (unpaired) electrons. The van der Waals surface area contributed by atoms with Crippen LogP contribution >= 0.6 is 8.25 Å². The predicted molar refractivity (Wildman–Crippen MR) is 41.6 cm³/mol. The number of pyridine rings is 1. The molecule has 0 spiro atoms. The molecule has 0 saturated carbocycles. The summed E-state index contributed by atoms with van der Waals surface area (Å²) in [6, 6.07) is 5.18. The average molecular weight is 200 g/mol. The van der Waals surface area contributed by atoms with Crippen LogP contribution in [0.5, 0.6) is 0 Å². The minimum absolute atomic E-state index is 0. The zero-order chi connectivity index (χ0) is 7.40. The normalized spacial score (nSPS) is 11.4. The maximum atomic E-state index is 10.1.